The van der Waals surface area contributed by atoms with Crippen LogP contribution in [0, 0.1) is 11.8 Å². The molecule has 0 aliphatic carbocycles. The van der Waals surface area contributed by atoms with E-state index in [1.807, 2.05) is 55.1 Å². The molecular formula is C22H30ClN3O2. The maximum absolute atomic E-state index is 12.9. The quantitative estimate of drug-likeness (QED) is 0.778. The number of benzene rings is 2. The third-order valence-corrected chi connectivity index (χ3v) is 5.36. The first-order valence-electron chi connectivity index (χ1n) is 9.74. The van der Waals surface area contributed by atoms with Crippen molar-refractivity contribution in [1.82, 2.24) is 10.2 Å². The highest BCUT2D eigenvalue weighted by Crippen LogP contribution is 2.19. The minimum Gasteiger partial charge on any atom is -0.344 e. The lowest BCUT2D eigenvalue weighted by molar-refractivity contribution is -0.136. The Morgan fingerprint density at radius 2 is 1.89 bits per heavy atom. The Morgan fingerprint density at radius 3 is 2.54 bits per heavy atom. The summed E-state index contributed by atoms with van der Waals surface area (Å²) in [5, 5.41) is 5.23. The van der Waals surface area contributed by atoms with Crippen molar-refractivity contribution in [3.63, 3.8) is 0 Å². The molecule has 0 saturated carbocycles. The van der Waals surface area contributed by atoms with Crippen molar-refractivity contribution < 1.29 is 9.59 Å². The molecule has 0 bridgehead atoms. The van der Waals surface area contributed by atoms with Gasteiger partial charge in [-0.3, -0.25) is 9.59 Å². The van der Waals surface area contributed by atoms with E-state index in [4.69, 9.17) is 5.73 Å². The monoisotopic (exact) mass is 403 g/mol. The molecule has 2 aromatic carbocycles. The van der Waals surface area contributed by atoms with Crippen molar-refractivity contribution in [2.45, 2.75) is 32.7 Å². The van der Waals surface area contributed by atoms with Crippen LogP contribution in [0.1, 0.15) is 25.8 Å². The molecule has 2 aromatic rings. The first-order valence-corrected chi connectivity index (χ1v) is 9.74. The van der Waals surface area contributed by atoms with Gasteiger partial charge >= 0.3 is 0 Å². The van der Waals surface area contributed by atoms with Crippen LogP contribution in [0.15, 0.2) is 42.5 Å². The largest absolute Gasteiger partial charge is 0.344 e. The zero-order valence-electron chi connectivity index (χ0n) is 16.6. The molecule has 1 fully saturated rings. The number of nitrogens with zero attached hydrogens (tertiary/aromatic N) is 1. The average molecular weight is 404 g/mol. The van der Waals surface area contributed by atoms with Crippen molar-refractivity contribution >= 4 is 35.0 Å². The minimum atomic E-state index is -0.491. The van der Waals surface area contributed by atoms with Crippen molar-refractivity contribution in [3.05, 3.63) is 48.0 Å². The van der Waals surface area contributed by atoms with Gasteiger partial charge in [-0.05, 0) is 41.1 Å². The Kier molecular flexibility index (Phi) is 7.84. The van der Waals surface area contributed by atoms with Crippen molar-refractivity contribution in [3.8, 4) is 0 Å². The van der Waals surface area contributed by atoms with Crippen LogP contribution in [0.25, 0.3) is 10.8 Å². The molecule has 2 atom stereocenters. The van der Waals surface area contributed by atoms with Crippen molar-refractivity contribution in [2.75, 3.05) is 19.6 Å². The van der Waals surface area contributed by atoms with E-state index in [9.17, 15) is 9.59 Å². The van der Waals surface area contributed by atoms with Crippen LogP contribution in [0.5, 0.6) is 0 Å². The fourth-order valence-corrected chi connectivity index (χ4v) is 3.69. The smallest absolute Gasteiger partial charge is 0.245 e. The molecule has 2 amide bonds. The number of nitrogens with two attached hydrogens (primary N) is 1. The molecule has 3 N–H and O–H groups in total. The van der Waals surface area contributed by atoms with E-state index in [1.165, 1.54) is 0 Å². The molecule has 0 aromatic heterocycles. The van der Waals surface area contributed by atoms with Crippen molar-refractivity contribution in [1.29, 1.82) is 0 Å². The number of hydrogen-bond donors (Lipinski definition) is 2. The van der Waals surface area contributed by atoms with Gasteiger partial charge in [0.15, 0.2) is 0 Å². The highest BCUT2D eigenvalue weighted by Gasteiger charge is 2.32. The van der Waals surface area contributed by atoms with Gasteiger partial charge in [-0.15, -0.1) is 12.4 Å². The third kappa shape index (κ3) is 5.24. The molecule has 0 radical (unpaired) electrons. The van der Waals surface area contributed by atoms with Gasteiger partial charge in [0.1, 0.15) is 6.04 Å². The standard InChI is InChI=1S/C22H29N3O2.ClH/c1-15(2)21(22(27)25-10-9-17(13-23)14-25)24-20(26)12-16-7-8-18-5-3-4-6-19(18)11-16;/h3-8,11,15,17,21H,9-10,12-14,23H2,1-2H3,(H,24,26);1H. The maximum atomic E-state index is 12.9. The van der Waals surface area contributed by atoms with Crippen LogP contribution >= 0.6 is 12.4 Å². The predicted octanol–water partition coefficient (Wildman–Crippen LogP) is 2.75. The number of amides is 2. The topological polar surface area (TPSA) is 75.4 Å². The molecule has 6 heteroatoms. The van der Waals surface area contributed by atoms with Crippen LogP contribution in [0.4, 0.5) is 0 Å². The van der Waals surface area contributed by atoms with Crippen LogP contribution in [-0.4, -0.2) is 42.4 Å². The average Bonchev–Trinajstić information content (AvgIpc) is 3.14. The number of carbonyl (C=O) groups excluding carboxylic acids is 2. The molecule has 28 heavy (non-hydrogen) atoms. The summed E-state index contributed by atoms with van der Waals surface area (Å²) in [5.74, 6) is 0.296. The van der Waals surface area contributed by atoms with Gasteiger partial charge in [0.2, 0.25) is 11.8 Å². The molecule has 1 saturated heterocycles. The molecule has 152 valence electrons. The summed E-state index contributed by atoms with van der Waals surface area (Å²) in [6.45, 7) is 5.96. The van der Waals surface area contributed by atoms with Gasteiger partial charge in [-0.2, -0.15) is 0 Å². The second-order valence-corrected chi connectivity index (χ2v) is 7.82. The van der Waals surface area contributed by atoms with Gasteiger partial charge in [0.05, 0.1) is 6.42 Å². The predicted molar refractivity (Wildman–Crippen MR) is 115 cm³/mol. The minimum absolute atomic E-state index is 0. The fraction of sp³-hybridized carbons (Fsp3) is 0.455. The normalized spacial score (nSPS) is 17.4. The lowest BCUT2D eigenvalue weighted by Gasteiger charge is -2.27. The van der Waals surface area contributed by atoms with Crippen LogP contribution < -0.4 is 11.1 Å². The van der Waals surface area contributed by atoms with Crippen molar-refractivity contribution in [2.24, 2.45) is 17.6 Å². The molecule has 1 aliphatic heterocycles. The second kappa shape index (κ2) is 9.89. The Bertz CT molecular complexity index is 824. The molecule has 1 aliphatic rings. The first-order chi connectivity index (χ1) is 13.0. The highest BCUT2D eigenvalue weighted by molar-refractivity contribution is 5.90. The summed E-state index contributed by atoms with van der Waals surface area (Å²) in [6.07, 6.45) is 1.21. The summed E-state index contributed by atoms with van der Waals surface area (Å²) < 4.78 is 0. The van der Waals surface area contributed by atoms with Gasteiger partial charge in [0.25, 0.3) is 0 Å². The Balaban J connectivity index is 0.00000280. The molecule has 0 spiro atoms. The van der Waals surface area contributed by atoms with E-state index < -0.39 is 6.04 Å². The van der Waals surface area contributed by atoms with Crippen LogP contribution in [0.3, 0.4) is 0 Å². The van der Waals surface area contributed by atoms with Gasteiger partial charge in [0, 0.05) is 13.1 Å². The molecule has 5 nitrogen and oxygen atoms in total. The lowest BCUT2D eigenvalue weighted by Crippen LogP contribution is -2.51. The number of carbonyl (C=O) groups is 2. The van der Waals surface area contributed by atoms with E-state index in [0.717, 1.165) is 29.3 Å². The maximum Gasteiger partial charge on any atom is 0.245 e. The number of fused-ring (bicyclic) bond motifs is 1. The Morgan fingerprint density at radius 1 is 1.18 bits per heavy atom. The van der Waals surface area contributed by atoms with Gasteiger partial charge in [-0.25, -0.2) is 0 Å². The summed E-state index contributed by atoms with van der Waals surface area (Å²) in [7, 11) is 0. The number of likely N-dealkylation sites (tertiary alicyclic amines) is 1. The van der Waals surface area contributed by atoms with E-state index >= 15 is 0 Å². The van der Waals surface area contributed by atoms with Crippen LogP contribution in [0.2, 0.25) is 0 Å². The second-order valence-electron chi connectivity index (χ2n) is 7.82. The van der Waals surface area contributed by atoms with Crippen LogP contribution in [-0.2, 0) is 16.0 Å². The summed E-state index contributed by atoms with van der Waals surface area (Å²) in [6, 6.07) is 13.6. The van der Waals surface area contributed by atoms with E-state index in [0.29, 0.717) is 19.0 Å². The molecule has 2 unspecified atom stereocenters. The van der Waals surface area contributed by atoms with E-state index in [-0.39, 0.29) is 36.6 Å². The van der Waals surface area contributed by atoms with Gasteiger partial charge < -0.3 is 16.0 Å². The number of hydrogen-bond acceptors (Lipinski definition) is 3. The highest BCUT2D eigenvalue weighted by atomic mass is 35.5. The number of nitrogens with one attached hydrogen (secondary N) is 1. The molecule has 1 heterocycles. The Labute approximate surface area is 173 Å². The number of halogens is 1. The molecular weight excluding hydrogens is 374 g/mol. The van der Waals surface area contributed by atoms with E-state index in [2.05, 4.69) is 11.4 Å². The zero-order valence-corrected chi connectivity index (χ0v) is 17.4. The fourth-order valence-electron chi connectivity index (χ4n) is 3.69. The lowest BCUT2D eigenvalue weighted by atomic mass is 10.0. The summed E-state index contributed by atoms with van der Waals surface area (Å²) in [5.41, 5.74) is 6.68. The Hall–Kier alpha value is -2.11. The SMILES string of the molecule is CC(C)C(NC(=O)Cc1ccc2ccccc2c1)C(=O)N1CCC(CN)C1.Cl. The summed E-state index contributed by atoms with van der Waals surface area (Å²) >= 11 is 0. The zero-order chi connectivity index (χ0) is 19.4. The molecule has 3 rings (SSSR count). The van der Waals surface area contributed by atoms with Gasteiger partial charge in [-0.1, -0.05) is 56.3 Å². The third-order valence-electron chi connectivity index (χ3n) is 5.36. The van der Waals surface area contributed by atoms with E-state index in [1.54, 1.807) is 0 Å². The summed E-state index contributed by atoms with van der Waals surface area (Å²) in [4.78, 5) is 27.3. The first kappa shape index (κ1) is 22.2. The number of rotatable bonds is 6.